The van der Waals surface area contributed by atoms with Crippen LogP contribution in [0.5, 0.6) is 23.0 Å². The summed E-state index contributed by atoms with van der Waals surface area (Å²) in [5.41, 5.74) is 0.839. The molecule has 10 heteroatoms. The Hall–Kier alpha value is -4.47. The smallest absolute Gasteiger partial charge is 0.295 e. The zero-order chi connectivity index (χ0) is 25.9. The molecule has 2 aliphatic rings. The molecule has 192 valence electrons. The first kappa shape index (κ1) is 24.2. The Labute approximate surface area is 213 Å². The molecule has 2 aromatic carbocycles. The van der Waals surface area contributed by atoms with Crippen molar-refractivity contribution in [2.45, 2.75) is 19.0 Å². The number of amides is 1. The highest BCUT2D eigenvalue weighted by Gasteiger charge is 2.47. The van der Waals surface area contributed by atoms with Gasteiger partial charge in [-0.2, -0.15) is 0 Å². The second kappa shape index (κ2) is 10.3. The maximum atomic E-state index is 13.4. The normalized spacial score (nSPS) is 18.2. The summed E-state index contributed by atoms with van der Waals surface area (Å²) in [5, 5.41) is 11.4. The topological polar surface area (TPSA) is 112 Å². The van der Waals surface area contributed by atoms with E-state index in [1.54, 1.807) is 48.9 Å². The molecule has 1 amide bonds. The van der Waals surface area contributed by atoms with Crippen molar-refractivity contribution in [2.24, 2.45) is 0 Å². The maximum absolute atomic E-state index is 13.4. The third-order valence-electron chi connectivity index (χ3n) is 6.46. The lowest BCUT2D eigenvalue weighted by Gasteiger charge is -2.27. The Morgan fingerprint density at radius 1 is 1.05 bits per heavy atom. The molecule has 2 aliphatic heterocycles. The molecule has 5 rings (SSSR count). The van der Waals surface area contributed by atoms with E-state index in [1.165, 1.54) is 19.1 Å². The largest absolute Gasteiger partial charge is 0.507 e. The second-order valence-electron chi connectivity index (χ2n) is 8.61. The van der Waals surface area contributed by atoms with Crippen molar-refractivity contribution < 1.29 is 33.6 Å². The van der Waals surface area contributed by atoms with Crippen molar-refractivity contribution >= 4 is 17.4 Å². The van der Waals surface area contributed by atoms with Crippen LogP contribution in [0.15, 0.2) is 60.7 Å². The summed E-state index contributed by atoms with van der Waals surface area (Å²) in [6, 6.07) is 9.19. The summed E-state index contributed by atoms with van der Waals surface area (Å²) in [7, 11) is 3.04. The molecule has 1 N–H and O–H groups in total. The molecule has 3 heterocycles. The van der Waals surface area contributed by atoms with Gasteiger partial charge in [0.1, 0.15) is 30.5 Å². The van der Waals surface area contributed by atoms with Crippen LogP contribution in [0.4, 0.5) is 0 Å². The Balaban J connectivity index is 1.60. The van der Waals surface area contributed by atoms with Gasteiger partial charge >= 0.3 is 0 Å². The number of ether oxygens (including phenoxy) is 4. The SMILES string of the molecule is COc1ccc(OC)c([C@@H]2C(=C(O)c3ccc4c(c3)OCCO4)C(=O)C(=O)N2CCCn2ccnc2)c1. The van der Waals surface area contributed by atoms with E-state index in [-0.39, 0.29) is 17.9 Å². The van der Waals surface area contributed by atoms with E-state index in [9.17, 15) is 14.7 Å². The van der Waals surface area contributed by atoms with Crippen LogP contribution >= 0.6 is 0 Å². The summed E-state index contributed by atoms with van der Waals surface area (Å²) in [6.07, 6.45) is 5.77. The quantitative estimate of drug-likeness (QED) is 0.282. The van der Waals surface area contributed by atoms with E-state index in [0.717, 1.165) is 0 Å². The monoisotopic (exact) mass is 505 g/mol. The standard InChI is InChI=1S/C27H27N3O7/c1-34-18-5-7-20(35-2)19(15-18)24-23(25(31)17-4-6-21-22(14-17)37-13-12-36-21)26(32)27(33)30(24)10-3-9-29-11-8-28-16-29/h4-8,11,14-16,24,31H,3,9-10,12-13H2,1-2H3/t24-/m1/s1. The number of imidazole rings is 1. The van der Waals surface area contributed by atoms with Gasteiger partial charge in [0.25, 0.3) is 11.7 Å². The van der Waals surface area contributed by atoms with Crippen LogP contribution in [0.25, 0.3) is 5.76 Å². The summed E-state index contributed by atoms with van der Waals surface area (Å²) >= 11 is 0. The minimum atomic E-state index is -0.888. The van der Waals surface area contributed by atoms with Gasteiger partial charge in [0.15, 0.2) is 11.5 Å². The molecule has 1 aromatic heterocycles. The number of carbonyl (C=O) groups is 2. The van der Waals surface area contributed by atoms with Crippen molar-refractivity contribution in [3.05, 3.63) is 71.8 Å². The summed E-state index contributed by atoms with van der Waals surface area (Å²) in [4.78, 5) is 32.2. The predicted octanol–water partition coefficient (Wildman–Crippen LogP) is 3.18. The third-order valence-corrected chi connectivity index (χ3v) is 6.46. The fourth-order valence-corrected chi connectivity index (χ4v) is 4.68. The van der Waals surface area contributed by atoms with Crippen LogP contribution in [-0.4, -0.2) is 65.2 Å². The molecular formula is C27H27N3O7. The zero-order valence-electron chi connectivity index (χ0n) is 20.5. The minimum Gasteiger partial charge on any atom is -0.507 e. The molecule has 1 saturated heterocycles. The number of fused-ring (bicyclic) bond motifs is 1. The van der Waals surface area contributed by atoms with Crippen LogP contribution < -0.4 is 18.9 Å². The fraction of sp³-hybridized carbons (Fsp3) is 0.296. The number of methoxy groups -OCH3 is 2. The molecule has 0 unspecified atom stereocenters. The number of aliphatic hydroxyl groups is 1. The van der Waals surface area contributed by atoms with E-state index in [1.807, 2.05) is 10.8 Å². The number of benzene rings is 2. The lowest BCUT2D eigenvalue weighted by molar-refractivity contribution is -0.140. The Morgan fingerprint density at radius 2 is 1.86 bits per heavy atom. The van der Waals surface area contributed by atoms with E-state index in [4.69, 9.17) is 18.9 Å². The average molecular weight is 506 g/mol. The first-order chi connectivity index (χ1) is 18.0. The number of ketones is 1. The number of aromatic nitrogens is 2. The number of rotatable bonds is 8. The number of likely N-dealkylation sites (tertiary alicyclic amines) is 1. The summed E-state index contributed by atoms with van der Waals surface area (Å²) < 4.78 is 24.1. The van der Waals surface area contributed by atoms with Crippen LogP contribution in [0.2, 0.25) is 0 Å². The first-order valence-corrected chi connectivity index (χ1v) is 11.9. The molecule has 0 radical (unpaired) electrons. The fourth-order valence-electron chi connectivity index (χ4n) is 4.68. The molecule has 0 bridgehead atoms. The van der Waals surface area contributed by atoms with Crippen molar-refractivity contribution in [1.82, 2.24) is 14.5 Å². The Morgan fingerprint density at radius 3 is 2.59 bits per heavy atom. The van der Waals surface area contributed by atoms with Gasteiger partial charge in [0, 0.05) is 36.6 Å². The first-order valence-electron chi connectivity index (χ1n) is 11.9. The highest BCUT2D eigenvalue weighted by molar-refractivity contribution is 6.46. The second-order valence-corrected chi connectivity index (χ2v) is 8.61. The van der Waals surface area contributed by atoms with Gasteiger partial charge in [0.05, 0.1) is 32.2 Å². The van der Waals surface area contributed by atoms with Gasteiger partial charge in [-0.25, -0.2) is 4.98 Å². The lowest BCUT2D eigenvalue weighted by atomic mass is 9.94. The van der Waals surface area contributed by atoms with E-state index >= 15 is 0 Å². The van der Waals surface area contributed by atoms with Crippen LogP contribution in [0.3, 0.4) is 0 Å². The van der Waals surface area contributed by atoms with Gasteiger partial charge in [-0.15, -0.1) is 0 Å². The lowest BCUT2D eigenvalue weighted by Crippen LogP contribution is -2.31. The molecule has 1 atom stereocenters. The molecule has 0 aliphatic carbocycles. The van der Waals surface area contributed by atoms with E-state index < -0.39 is 17.7 Å². The number of nitrogens with zero attached hydrogens (tertiary/aromatic N) is 3. The number of hydrogen-bond donors (Lipinski definition) is 1. The highest BCUT2D eigenvalue weighted by atomic mass is 16.6. The van der Waals surface area contributed by atoms with Crippen LogP contribution in [-0.2, 0) is 16.1 Å². The van der Waals surface area contributed by atoms with E-state index in [2.05, 4.69) is 4.98 Å². The van der Waals surface area contributed by atoms with Crippen molar-refractivity contribution in [1.29, 1.82) is 0 Å². The molecular weight excluding hydrogens is 478 g/mol. The molecule has 37 heavy (non-hydrogen) atoms. The average Bonchev–Trinajstić information content (AvgIpc) is 3.54. The molecule has 0 spiro atoms. The van der Waals surface area contributed by atoms with Gasteiger partial charge < -0.3 is 33.5 Å². The molecule has 1 fully saturated rings. The summed E-state index contributed by atoms with van der Waals surface area (Å²) in [5.74, 6) is 0.223. The summed E-state index contributed by atoms with van der Waals surface area (Å²) in [6.45, 7) is 1.68. The molecule has 0 saturated carbocycles. The van der Waals surface area contributed by atoms with Gasteiger partial charge in [-0.05, 0) is 42.8 Å². The molecule has 10 nitrogen and oxygen atoms in total. The number of Topliss-reactive ketones (excluding diaryl/α,β-unsaturated/α-hetero) is 1. The maximum Gasteiger partial charge on any atom is 0.295 e. The van der Waals surface area contributed by atoms with Gasteiger partial charge in [-0.1, -0.05) is 0 Å². The van der Waals surface area contributed by atoms with Gasteiger partial charge in [0.2, 0.25) is 0 Å². The zero-order valence-corrected chi connectivity index (χ0v) is 20.5. The van der Waals surface area contributed by atoms with Gasteiger partial charge in [-0.3, -0.25) is 9.59 Å². The Kier molecular flexibility index (Phi) is 6.72. The minimum absolute atomic E-state index is 0.0316. The molecule has 3 aromatic rings. The van der Waals surface area contributed by atoms with E-state index in [0.29, 0.717) is 60.3 Å². The number of aliphatic hydroxyl groups excluding tert-OH is 1. The number of carbonyl (C=O) groups excluding carboxylic acids is 2. The predicted molar refractivity (Wildman–Crippen MR) is 133 cm³/mol. The van der Waals surface area contributed by atoms with Crippen molar-refractivity contribution in [3.8, 4) is 23.0 Å². The number of hydrogen-bond acceptors (Lipinski definition) is 8. The van der Waals surface area contributed by atoms with Crippen molar-refractivity contribution in [3.63, 3.8) is 0 Å². The van der Waals surface area contributed by atoms with Crippen LogP contribution in [0, 0.1) is 0 Å². The Bertz CT molecular complexity index is 1350. The van der Waals surface area contributed by atoms with Crippen molar-refractivity contribution in [2.75, 3.05) is 34.0 Å². The van der Waals surface area contributed by atoms with Crippen LogP contribution in [0.1, 0.15) is 23.6 Å². The highest BCUT2D eigenvalue weighted by Crippen LogP contribution is 2.44. The third kappa shape index (κ3) is 4.57. The number of aryl methyl sites for hydroxylation is 1.